The predicted molar refractivity (Wildman–Crippen MR) is 109 cm³/mol. The van der Waals surface area contributed by atoms with Crippen molar-refractivity contribution in [2.45, 2.75) is 13.3 Å². The van der Waals surface area contributed by atoms with E-state index in [9.17, 15) is 9.18 Å². The molecule has 0 saturated carbocycles. The summed E-state index contributed by atoms with van der Waals surface area (Å²) in [7, 11) is 3.96. The van der Waals surface area contributed by atoms with E-state index in [1.54, 1.807) is 6.07 Å². The van der Waals surface area contributed by atoms with Gasteiger partial charge in [0.1, 0.15) is 5.82 Å². The molecule has 5 heteroatoms. The highest BCUT2D eigenvalue weighted by Crippen LogP contribution is 2.32. The van der Waals surface area contributed by atoms with Gasteiger partial charge < -0.3 is 15.6 Å². The Morgan fingerprint density at radius 3 is 2.48 bits per heavy atom. The Bertz CT molecular complexity index is 1000. The number of hydrogen-bond donors (Lipinski definition) is 2. The monoisotopic (exact) mass is 365 g/mol. The number of hydrogen-bond acceptors (Lipinski definition) is 3. The van der Waals surface area contributed by atoms with Crippen molar-refractivity contribution in [1.29, 1.82) is 0 Å². The fourth-order valence-corrected chi connectivity index (χ4v) is 3.29. The second-order valence-corrected chi connectivity index (χ2v) is 6.93. The lowest BCUT2D eigenvalue weighted by Gasteiger charge is -2.13. The van der Waals surface area contributed by atoms with Gasteiger partial charge in [-0.15, -0.1) is 0 Å². The SMILES string of the molecule is CC(=O)C(=C(N)c1ccccc1)c1[nH]c2ccc(F)cc2c1CCN(C)C. The summed E-state index contributed by atoms with van der Waals surface area (Å²) < 4.78 is 13.9. The van der Waals surface area contributed by atoms with E-state index in [0.717, 1.165) is 28.6 Å². The van der Waals surface area contributed by atoms with Crippen LogP contribution in [0.25, 0.3) is 22.2 Å². The Balaban J connectivity index is 2.26. The van der Waals surface area contributed by atoms with Crippen LogP contribution in [0.1, 0.15) is 23.7 Å². The van der Waals surface area contributed by atoms with Crippen molar-refractivity contribution in [3.8, 4) is 0 Å². The number of carbonyl (C=O) groups is 1. The summed E-state index contributed by atoms with van der Waals surface area (Å²) in [6.07, 6.45) is 0.671. The molecule has 3 aromatic rings. The quantitative estimate of drug-likeness (QED) is 0.653. The molecule has 2 aromatic carbocycles. The van der Waals surface area contributed by atoms with Gasteiger partial charge in [0.2, 0.25) is 0 Å². The van der Waals surface area contributed by atoms with E-state index in [2.05, 4.69) is 9.88 Å². The number of H-pyrrole nitrogens is 1. The van der Waals surface area contributed by atoms with Gasteiger partial charge in [-0.3, -0.25) is 4.79 Å². The number of nitrogens with two attached hydrogens (primary N) is 1. The second-order valence-electron chi connectivity index (χ2n) is 6.93. The first kappa shape index (κ1) is 18.9. The number of halogens is 1. The number of nitrogens with one attached hydrogen (secondary N) is 1. The van der Waals surface area contributed by atoms with Gasteiger partial charge in [0.05, 0.1) is 17.0 Å². The number of rotatable bonds is 6. The number of allylic oxidation sites excluding steroid dienone is 1. The Hall–Kier alpha value is -2.92. The van der Waals surface area contributed by atoms with Crippen molar-refractivity contribution >= 4 is 28.0 Å². The summed E-state index contributed by atoms with van der Waals surface area (Å²) in [6.45, 7) is 2.28. The van der Waals surface area contributed by atoms with E-state index < -0.39 is 0 Å². The smallest absolute Gasteiger partial charge is 0.164 e. The molecule has 0 radical (unpaired) electrons. The maximum Gasteiger partial charge on any atom is 0.164 e. The first-order valence-corrected chi connectivity index (χ1v) is 8.89. The Morgan fingerprint density at radius 2 is 1.85 bits per heavy atom. The van der Waals surface area contributed by atoms with Gasteiger partial charge in [0.25, 0.3) is 0 Å². The molecular formula is C22H24FN3O. The Morgan fingerprint density at radius 1 is 1.15 bits per heavy atom. The highest BCUT2D eigenvalue weighted by Gasteiger charge is 2.21. The first-order valence-electron chi connectivity index (χ1n) is 8.89. The molecule has 0 aliphatic heterocycles. The molecule has 3 rings (SSSR count). The maximum absolute atomic E-state index is 13.9. The van der Waals surface area contributed by atoms with Crippen LogP contribution < -0.4 is 5.73 Å². The molecule has 0 unspecified atom stereocenters. The largest absolute Gasteiger partial charge is 0.398 e. The highest BCUT2D eigenvalue weighted by molar-refractivity contribution is 6.27. The first-order chi connectivity index (χ1) is 12.9. The summed E-state index contributed by atoms with van der Waals surface area (Å²) in [4.78, 5) is 17.9. The van der Waals surface area contributed by atoms with Crippen LogP contribution in [0.2, 0.25) is 0 Å². The Kier molecular flexibility index (Phi) is 5.42. The average Bonchev–Trinajstić information content (AvgIpc) is 2.97. The standard InChI is InChI=1S/C22H24FN3O/c1-14(27)20(21(24)15-7-5-4-6-8-15)22-17(11-12-26(2)3)18-13-16(23)9-10-19(18)25-22/h4-10,13,25H,11-12,24H2,1-3H3. The van der Waals surface area contributed by atoms with Gasteiger partial charge in [0, 0.05) is 17.4 Å². The molecule has 0 aliphatic carbocycles. The number of Topliss-reactive ketones (excluding diaryl/α,β-unsaturated/α-hetero) is 1. The van der Waals surface area contributed by atoms with Gasteiger partial charge in [-0.25, -0.2) is 4.39 Å². The number of ketones is 1. The topological polar surface area (TPSA) is 62.1 Å². The zero-order valence-electron chi connectivity index (χ0n) is 15.8. The van der Waals surface area contributed by atoms with Crippen LogP contribution in [-0.2, 0) is 11.2 Å². The van der Waals surface area contributed by atoms with Crippen LogP contribution in [0.5, 0.6) is 0 Å². The summed E-state index contributed by atoms with van der Waals surface area (Å²) in [5, 5.41) is 0.784. The number of aromatic amines is 1. The average molecular weight is 365 g/mol. The molecule has 1 heterocycles. The number of fused-ring (bicyclic) bond motifs is 1. The summed E-state index contributed by atoms with van der Waals surface area (Å²) in [5.74, 6) is -0.432. The van der Waals surface area contributed by atoms with Gasteiger partial charge in [0.15, 0.2) is 5.78 Å². The lowest BCUT2D eigenvalue weighted by molar-refractivity contribution is -0.111. The molecule has 0 amide bonds. The summed E-state index contributed by atoms with van der Waals surface area (Å²) in [6, 6.07) is 14.0. The minimum Gasteiger partial charge on any atom is -0.398 e. The molecule has 0 spiro atoms. The predicted octanol–water partition coefficient (Wildman–Crippen LogP) is 3.83. The van der Waals surface area contributed by atoms with Crippen LogP contribution in [-0.4, -0.2) is 36.3 Å². The molecule has 0 bridgehead atoms. The molecule has 0 saturated heterocycles. The minimum atomic E-state index is -0.302. The van der Waals surface area contributed by atoms with Crippen LogP contribution in [0.4, 0.5) is 4.39 Å². The third-order valence-electron chi connectivity index (χ3n) is 4.63. The van der Waals surface area contributed by atoms with E-state index in [0.29, 0.717) is 23.4 Å². The fourth-order valence-electron chi connectivity index (χ4n) is 3.29. The van der Waals surface area contributed by atoms with Crippen molar-refractivity contribution in [3.05, 3.63) is 71.2 Å². The minimum absolute atomic E-state index is 0.130. The molecular weight excluding hydrogens is 341 g/mol. The number of benzene rings is 2. The van der Waals surface area contributed by atoms with Crippen molar-refractivity contribution < 1.29 is 9.18 Å². The molecule has 140 valence electrons. The van der Waals surface area contributed by atoms with Gasteiger partial charge in [-0.1, -0.05) is 30.3 Å². The van der Waals surface area contributed by atoms with Crippen LogP contribution in [0.3, 0.4) is 0 Å². The molecule has 0 fully saturated rings. The number of aromatic nitrogens is 1. The number of likely N-dealkylation sites (N-methyl/N-ethyl adjacent to an activating group) is 1. The number of carbonyl (C=O) groups excluding carboxylic acids is 1. The van der Waals surface area contributed by atoms with Crippen LogP contribution >= 0.6 is 0 Å². The van der Waals surface area contributed by atoms with Gasteiger partial charge in [-0.05, 0) is 56.8 Å². The Labute approximate surface area is 158 Å². The fraction of sp³-hybridized carbons (Fsp3) is 0.227. The lowest BCUT2D eigenvalue weighted by Crippen LogP contribution is -2.16. The zero-order chi connectivity index (χ0) is 19.6. The second kappa shape index (κ2) is 7.76. The van der Waals surface area contributed by atoms with Crippen molar-refractivity contribution in [2.24, 2.45) is 5.73 Å². The van der Waals surface area contributed by atoms with E-state index in [4.69, 9.17) is 5.73 Å². The molecule has 0 atom stereocenters. The van der Waals surface area contributed by atoms with E-state index in [1.165, 1.54) is 19.1 Å². The van der Waals surface area contributed by atoms with Crippen LogP contribution in [0, 0.1) is 5.82 Å². The van der Waals surface area contributed by atoms with E-state index >= 15 is 0 Å². The van der Waals surface area contributed by atoms with Gasteiger partial charge >= 0.3 is 0 Å². The van der Waals surface area contributed by atoms with Gasteiger partial charge in [-0.2, -0.15) is 0 Å². The lowest BCUT2D eigenvalue weighted by atomic mass is 9.96. The summed E-state index contributed by atoms with van der Waals surface area (Å²) >= 11 is 0. The molecule has 0 aliphatic rings. The zero-order valence-corrected chi connectivity index (χ0v) is 15.8. The maximum atomic E-state index is 13.9. The molecule has 1 aromatic heterocycles. The van der Waals surface area contributed by atoms with Crippen molar-refractivity contribution in [2.75, 3.05) is 20.6 Å². The highest BCUT2D eigenvalue weighted by atomic mass is 19.1. The molecule has 3 N–H and O–H groups in total. The molecule has 4 nitrogen and oxygen atoms in total. The number of nitrogens with zero attached hydrogens (tertiary/aromatic N) is 1. The molecule has 27 heavy (non-hydrogen) atoms. The van der Waals surface area contributed by atoms with Crippen molar-refractivity contribution in [3.63, 3.8) is 0 Å². The van der Waals surface area contributed by atoms with Crippen LogP contribution in [0.15, 0.2) is 48.5 Å². The normalized spacial score (nSPS) is 12.5. The third kappa shape index (κ3) is 3.93. The third-order valence-corrected chi connectivity index (χ3v) is 4.63. The van der Waals surface area contributed by atoms with Crippen molar-refractivity contribution in [1.82, 2.24) is 9.88 Å². The van der Waals surface area contributed by atoms with E-state index in [-0.39, 0.29) is 11.6 Å². The van der Waals surface area contributed by atoms with E-state index in [1.807, 2.05) is 44.4 Å². The summed E-state index contributed by atoms with van der Waals surface area (Å²) in [5.41, 5.74) is 10.4.